The summed E-state index contributed by atoms with van der Waals surface area (Å²) >= 11 is 0. The van der Waals surface area contributed by atoms with Crippen molar-refractivity contribution in [1.82, 2.24) is 5.32 Å². The molecule has 0 bridgehead atoms. The fraction of sp³-hybridized carbons (Fsp3) is 0.889. The van der Waals surface area contributed by atoms with Crippen molar-refractivity contribution in [3.8, 4) is 0 Å². The van der Waals surface area contributed by atoms with Crippen molar-refractivity contribution < 1.29 is 18.0 Å². The van der Waals surface area contributed by atoms with Gasteiger partial charge in [0.25, 0.3) is 0 Å². The van der Waals surface area contributed by atoms with Gasteiger partial charge in [0.2, 0.25) is 5.91 Å². The molecule has 1 saturated carbocycles. The van der Waals surface area contributed by atoms with Crippen molar-refractivity contribution in [3.63, 3.8) is 0 Å². The lowest BCUT2D eigenvalue weighted by atomic mass is 10.0. The summed E-state index contributed by atoms with van der Waals surface area (Å²) in [6.45, 7) is -0.356. The molecule has 0 spiro atoms. The van der Waals surface area contributed by atoms with Crippen LogP contribution < -0.4 is 11.1 Å². The first kappa shape index (κ1) is 15.5. The Balaban J connectivity index is 0.00000225. The first-order chi connectivity index (χ1) is 6.90. The largest absolute Gasteiger partial charge is 0.390 e. The molecule has 3 nitrogen and oxygen atoms in total. The molecule has 1 aliphatic rings. The van der Waals surface area contributed by atoms with Crippen LogP contribution in [0.25, 0.3) is 0 Å². The van der Waals surface area contributed by atoms with Crippen LogP contribution in [0.5, 0.6) is 0 Å². The predicted octanol–water partition coefficient (Wildman–Crippen LogP) is 1.60. The van der Waals surface area contributed by atoms with Crippen molar-refractivity contribution in [2.75, 3.05) is 6.54 Å². The fourth-order valence-corrected chi connectivity index (χ4v) is 1.77. The maximum atomic E-state index is 11.8. The maximum Gasteiger partial charge on any atom is 0.390 e. The normalized spacial score (nSPS) is 25.0. The summed E-state index contributed by atoms with van der Waals surface area (Å²) in [7, 11) is 0. The van der Waals surface area contributed by atoms with E-state index in [1.807, 2.05) is 0 Å². The van der Waals surface area contributed by atoms with Gasteiger partial charge >= 0.3 is 6.18 Å². The van der Waals surface area contributed by atoms with Gasteiger partial charge in [-0.1, -0.05) is 6.42 Å². The Morgan fingerprint density at radius 3 is 2.44 bits per heavy atom. The molecule has 2 unspecified atom stereocenters. The van der Waals surface area contributed by atoms with Gasteiger partial charge in [-0.3, -0.25) is 4.79 Å². The summed E-state index contributed by atoms with van der Waals surface area (Å²) in [6.07, 6.45) is -2.87. The minimum atomic E-state index is -4.22. The Kier molecular flexibility index (Phi) is 6.10. The van der Waals surface area contributed by atoms with E-state index in [0.29, 0.717) is 6.42 Å². The van der Waals surface area contributed by atoms with Gasteiger partial charge in [-0.25, -0.2) is 0 Å². The standard InChI is InChI=1S/C9H15F3N2O.ClH/c10-9(11,12)4-5-14-8(15)6-2-1-3-7(6)13;/h6-7H,1-5,13H2,(H,14,15);1H. The van der Waals surface area contributed by atoms with E-state index in [-0.39, 0.29) is 36.8 Å². The number of alkyl halides is 3. The second-order valence-corrected chi connectivity index (χ2v) is 3.86. The molecule has 0 aromatic rings. The molecule has 0 radical (unpaired) electrons. The second-order valence-electron chi connectivity index (χ2n) is 3.86. The van der Waals surface area contributed by atoms with E-state index in [4.69, 9.17) is 5.73 Å². The summed E-state index contributed by atoms with van der Waals surface area (Å²) < 4.78 is 35.4. The second kappa shape index (κ2) is 6.30. The van der Waals surface area contributed by atoms with Gasteiger partial charge in [-0.15, -0.1) is 12.4 Å². The molecule has 3 N–H and O–H groups in total. The molecule has 1 amide bonds. The number of rotatable bonds is 3. The lowest BCUT2D eigenvalue weighted by Gasteiger charge is -2.15. The van der Waals surface area contributed by atoms with Gasteiger partial charge in [-0.2, -0.15) is 13.2 Å². The monoisotopic (exact) mass is 260 g/mol. The van der Waals surface area contributed by atoms with Crippen molar-refractivity contribution in [2.24, 2.45) is 11.7 Å². The highest BCUT2D eigenvalue weighted by molar-refractivity contribution is 5.85. The van der Waals surface area contributed by atoms with E-state index in [1.54, 1.807) is 0 Å². The number of carbonyl (C=O) groups is 1. The van der Waals surface area contributed by atoms with Crippen LogP contribution in [0.1, 0.15) is 25.7 Å². The quantitative estimate of drug-likeness (QED) is 0.810. The van der Waals surface area contributed by atoms with Crippen LogP contribution in [0.3, 0.4) is 0 Å². The van der Waals surface area contributed by atoms with E-state index in [9.17, 15) is 18.0 Å². The average molecular weight is 261 g/mol. The highest BCUT2D eigenvalue weighted by atomic mass is 35.5. The molecule has 1 fully saturated rings. The van der Waals surface area contributed by atoms with E-state index in [1.165, 1.54) is 0 Å². The molecule has 1 aliphatic carbocycles. The minimum Gasteiger partial charge on any atom is -0.355 e. The molecule has 1 rings (SSSR count). The van der Waals surface area contributed by atoms with Crippen molar-refractivity contribution >= 4 is 18.3 Å². The van der Waals surface area contributed by atoms with Gasteiger partial charge in [0.1, 0.15) is 0 Å². The molecular weight excluding hydrogens is 245 g/mol. The van der Waals surface area contributed by atoms with Crippen LogP contribution in [0.2, 0.25) is 0 Å². The van der Waals surface area contributed by atoms with Gasteiger partial charge in [0, 0.05) is 12.6 Å². The summed E-state index contributed by atoms with van der Waals surface area (Å²) in [5, 5.41) is 2.27. The Bertz CT molecular complexity index is 235. The van der Waals surface area contributed by atoms with Crippen molar-refractivity contribution in [3.05, 3.63) is 0 Å². The van der Waals surface area contributed by atoms with E-state index < -0.39 is 12.6 Å². The third-order valence-electron chi connectivity index (χ3n) is 2.61. The van der Waals surface area contributed by atoms with Crippen LogP contribution in [0, 0.1) is 5.92 Å². The van der Waals surface area contributed by atoms with Gasteiger partial charge in [-0.05, 0) is 12.8 Å². The predicted molar refractivity (Wildman–Crippen MR) is 56.2 cm³/mol. The number of carbonyl (C=O) groups excluding carboxylic acids is 1. The number of hydrogen-bond donors (Lipinski definition) is 2. The number of nitrogens with one attached hydrogen (secondary N) is 1. The maximum absolute atomic E-state index is 11.8. The van der Waals surface area contributed by atoms with Crippen LogP contribution in [-0.2, 0) is 4.79 Å². The number of hydrogen-bond acceptors (Lipinski definition) is 2. The number of nitrogens with two attached hydrogens (primary N) is 1. The SMILES string of the molecule is Cl.NC1CCCC1C(=O)NCCC(F)(F)F. The highest BCUT2D eigenvalue weighted by Crippen LogP contribution is 2.24. The Hall–Kier alpha value is -0.490. The third kappa shape index (κ3) is 5.03. The Morgan fingerprint density at radius 1 is 1.38 bits per heavy atom. The van der Waals surface area contributed by atoms with Crippen LogP contribution >= 0.6 is 12.4 Å². The molecule has 0 aromatic heterocycles. The Labute approximate surface area is 98.4 Å². The van der Waals surface area contributed by atoms with Gasteiger partial charge in [0.05, 0.1) is 12.3 Å². The molecule has 0 saturated heterocycles. The van der Waals surface area contributed by atoms with Gasteiger partial charge < -0.3 is 11.1 Å². The molecule has 2 atom stereocenters. The molecule has 0 aromatic carbocycles. The lowest BCUT2D eigenvalue weighted by molar-refractivity contribution is -0.136. The molecule has 16 heavy (non-hydrogen) atoms. The summed E-state index contributed by atoms with van der Waals surface area (Å²) in [5.41, 5.74) is 5.65. The van der Waals surface area contributed by atoms with Crippen LogP contribution in [0.15, 0.2) is 0 Å². The molecule has 7 heteroatoms. The topological polar surface area (TPSA) is 55.1 Å². The summed E-state index contributed by atoms with van der Waals surface area (Å²) in [4.78, 5) is 11.4. The van der Waals surface area contributed by atoms with Crippen molar-refractivity contribution in [1.29, 1.82) is 0 Å². The first-order valence-corrected chi connectivity index (χ1v) is 5.00. The van der Waals surface area contributed by atoms with E-state index >= 15 is 0 Å². The lowest BCUT2D eigenvalue weighted by Crippen LogP contribution is -2.39. The van der Waals surface area contributed by atoms with E-state index in [2.05, 4.69) is 5.32 Å². The fourth-order valence-electron chi connectivity index (χ4n) is 1.77. The van der Waals surface area contributed by atoms with Crippen LogP contribution in [-0.4, -0.2) is 24.7 Å². The summed E-state index contributed by atoms with van der Waals surface area (Å²) in [6, 6.07) is -0.198. The van der Waals surface area contributed by atoms with Gasteiger partial charge in [0.15, 0.2) is 0 Å². The summed E-state index contributed by atoms with van der Waals surface area (Å²) in [5.74, 6) is -0.650. The minimum absolute atomic E-state index is 0. The molecule has 0 heterocycles. The molecule has 0 aliphatic heterocycles. The number of halogens is 4. The molecule has 96 valence electrons. The third-order valence-corrected chi connectivity index (χ3v) is 2.61. The zero-order valence-electron chi connectivity index (χ0n) is 8.72. The smallest absolute Gasteiger partial charge is 0.355 e. The number of amides is 1. The Morgan fingerprint density at radius 2 is 2.00 bits per heavy atom. The molecular formula is C9H16ClF3N2O. The average Bonchev–Trinajstić information content (AvgIpc) is 2.48. The van der Waals surface area contributed by atoms with Crippen LogP contribution in [0.4, 0.5) is 13.2 Å². The first-order valence-electron chi connectivity index (χ1n) is 5.00. The zero-order chi connectivity index (χ0) is 11.5. The van der Waals surface area contributed by atoms with E-state index in [0.717, 1.165) is 12.8 Å². The highest BCUT2D eigenvalue weighted by Gasteiger charge is 2.31. The van der Waals surface area contributed by atoms with Crippen molar-refractivity contribution in [2.45, 2.75) is 37.9 Å². The zero-order valence-corrected chi connectivity index (χ0v) is 9.53.